The van der Waals surface area contributed by atoms with Crippen LogP contribution in [-0.4, -0.2) is 100 Å². The molecule has 1 saturated carbocycles. The summed E-state index contributed by atoms with van der Waals surface area (Å²) in [5.74, 6) is -0.139. The highest BCUT2D eigenvalue weighted by atomic mass is 19.1. The first kappa shape index (κ1) is 26.0. The van der Waals surface area contributed by atoms with E-state index in [0.29, 0.717) is 37.7 Å². The standard InChI is InChI=1S/C30H38FN7O2/c1-19-14-36(23(13-32-19)15-35-8-9-40-26-12-24(26)35)16-27(39)37-17-30(2,3)28-25(37)11-21(29-33-18-34-38(28)29)10-20-4-6-22(31)7-5-20/h4-7,11,18-19,23-24,26,32H,8-10,12-17H2,1-3H3/t19-,23+,24?,26?/m1/s1. The van der Waals surface area contributed by atoms with Gasteiger partial charge in [0.2, 0.25) is 5.91 Å². The second-order valence-corrected chi connectivity index (χ2v) is 12.7. The smallest absolute Gasteiger partial charge is 0.241 e. The summed E-state index contributed by atoms with van der Waals surface area (Å²) in [6.07, 6.45) is 3.69. The van der Waals surface area contributed by atoms with Crippen LogP contribution < -0.4 is 10.2 Å². The van der Waals surface area contributed by atoms with Gasteiger partial charge in [-0.3, -0.25) is 14.6 Å². The lowest BCUT2D eigenvalue weighted by Gasteiger charge is -2.42. The Morgan fingerprint density at radius 2 is 2.05 bits per heavy atom. The maximum atomic E-state index is 14.1. The number of nitrogens with zero attached hydrogens (tertiary/aromatic N) is 6. The molecule has 1 N–H and O–H groups in total. The molecular weight excluding hydrogens is 509 g/mol. The number of anilines is 1. The van der Waals surface area contributed by atoms with Crippen molar-refractivity contribution in [3.8, 4) is 0 Å². The van der Waals surface area contributed by atoms with Gasteiger partial charge >= 0.3 is 0 Å². The molecular formula is C30H38FN7O2. The molecule has 4 atom stereocenters. The summed E-state index contributed by atoms with van der Waals surface area (Å²) < 4.78 is 21.3. The molecule has 1 aromatic carbocycles. The van der Waals surface area contributed by atoms with Crippen LogP contribution in [0, 0.1) is 5.82 Å². The van der Waals surface area contributed by atoms with Crippen LogP contribution in [-0.2, 0) is 21.4 Å². The highest BCUT2D eigenvalue weighted by Crippen LogP contribution is 2.42. The number of carbonyl (C=O) groups is 1. The molecule has 4 aliphatic rings. The predicted octanol–water partition coefficient (Wildman–Crippen LogP) is 2.22. The molecule has 5 heterocycles. The van der Waals surface area contributed by atoms with E-state index in [-0.39, 0.29) is 23.2 Å². The minimum absolute atomic E-state index is 0.115. The maximum Gasteiger partial charge on any atom is 0.241 e. The molecule has 9 nitrogen and oxygen atoms in total. The number of pyridine rings is 1. The molecule has 0 radical (unpaired) electrons. The topological polar surface area (TPSA) is 78.2 Å². The molecule has 7 rings (SSSR count). The van der Waals surface area contributed by atoms with Gasteiger partial charge in [0.25, 0.3) is 0 Å². The number of nitrogens with one attached hydrogen (secondary N) is 1. The lowest BCUT2D eigenvalue weighted by atomic mass is 9.90. The van der Waals surface area contributed by atoms with Crippen molar-refractivity contribution in [1.82, 2.24) is 29.7 Å². The van der Waals surface area contributed by atoms with Gasteiger partial charge in [0.1, 0.15) is 12.1 Å². The number of rotatable bonds is 6. The van der Waals surface area contributed by atoms with E-state index >= 15 is 0 Å². The minimum atomic E-state index is -0.281. The normalized spacial score (nSPS) is 28.1. The van der Waals surface area contributed by atoms with E-state index in [9.17, 15) is 9.18 Å². The first-order valence-corrected chi connectivity index (χ1v) is 14.5. The van der Waals surface area contributed by atoms with Crippen molar-refractivity contribution in [3.63, 3.8) is 0 Å². The van der Waals surface area contributed by atoms with Crippen LogP contribution in [0.5, 0.6) is 0 Å². The van der Waals surface area contributed by atoms with Gasteiger partial charge in [0.05, 0.1) is 30.6 Å². The van der Waals surface area contributed by atoms with E-state index in [0.717, 1.165) is 67.4 Å². The van der Waals surface area contributed by atoms with E-state index in [1.54, 1.807) is 18.5 Å². The number of carbonyl (C=O) groups excluding carboxylic acids is 1. The largest absolute Gasteiger partial charge is 0.375 e. The average Bonchev–Trinajstić information content (AvgIpc) is 3.47. The van der Waals surface area contributed by atoms with Crippen LogP contribution in [0.1, 0.15) is 44.0 Å². The number of halogens is 1. The number of morpholine rings is 1. The average molecular weight is 548 g/mol. The second-order valence-electron chi connectivity index (χ2n) is 12.7. The maximum absolute atomic E-state index is 14.1. The van der Waals surface area contributed by atoms with E-state index in [1.807, 2.05) is 9.42 Å². The monoisotopic (exact) mass is 547 g/mol. The third-order valence-electron chi connectivity index (χ3n) is 9.08. The minimum Gasteiger partial charge on any atom is -0.375 e. The number of hydrogen-bond donors (Lipinski definition) is 1. The van der Waals surface area contributed by atoms with Gasteiger partial charge in [-0.05, 0) is 37.1 Å². The SMILES string of the molecule is C[C@@H]1CN(CC(=O)N2CC(C)(C)c3c2cc(Cc2ccc(F)cc2)c2ncnn32)[C@H](CN2CCOC3CC32)CN1. The van der Waals surface area contributed by atoms with Gasteiger partial charge in [-0.1, -0.05) is 26.0 Å². The summed E-state index contributed by atoms with van der Waals surface area (Å²) in [4.78, 5) is 25.6. The Bertz CT molecular complexity index is 1420. The number of amides is 1. The molecule has 3 aliphatic heterocycles. The van der Waals surface area contributed by atoms with Crippen LogP contribution >= 0.6 is 0 Å². The molecule has 1 amide bonds. The first-order chi connectivity index (χ1) is 19.3. The Balaban J connectivity index is 1.16. The summed E-state index contributed by atoms with van der Waals surface area (Å²) in [5.41, 5.74) is 4.37. The predicted molar refractivity (Wildman–Crippen MR) is 150 cm³/mol. The first-order valence-electron chi connectivity index (χ1n) is 14.5. The zero-order chi connectivity index (χ0) is 27.6. The van der Waals surface area contributed by atoms with E-state index in [1.165, 1.54) is 12.1 Å². The molecule has 2 saturated heterocycles. The molecule has 2 aromatic heterocycles. The molecule has 1 aliphatic carbocycles. The lowest BCUT2D eigenvalue weighted by molar-refractivity contribution is -0.121. The van der Waals surface area contributed by atoms with Crippen LogP contribution in [0.15, 0.2) is 36.7 Å². The van der Waals surface area contributed by atoms with Crippen molar-refractivity contribution >= 4 is 17.2 Å². The van der Waals surface area contributed by atoms with Crippen LogP contribution in [0.4, 0.5) is 10.1 Å². The Morgan fingerprint density at radius 1 is 1.23 bits per heavy atom. The van der Waals surface area contributed by atoms with Crippen molar-refractivity contribution < 1.29 is 13.9 Å². The van der Waals surface area contributed by atoms with E-state index in [4.69, 9.17) is 4.74 Å². The van der Waals surface area contributed by atoms with E-state index in [2.05, 4.69) is 52.0 Å². The van der Waals surface area contributed by atoms with Gasteiger partial charge in [-0.25, -0.2) is 13.9 Å². The van der Waals surface area contributed by atoms with Crippen LogP contribution in [0.2, 0.25) is 0 Å². The third kappa shape index (κ3) is 4.70. The van der Waals surface area contributed by atoms with Crippen LogP contribution in [0.3, 0.4) is 0 Å². The zero-order valence-corrected chi connectivity index (χ0v) is 23.5. The molecule has 2 unspecified atom stereocenters. The quantitative estimate of drug-likeness (QED) is 0.507. The zero-order valence-electron chi connectivity index (χ0n) is 23.5. The third-order valence-corrected chi connectivity index (χ3v) is 9.08. The number of benzene rings is 1. The fourth-order valence-electron chi connectivity index (χ4n) is 6.97. The molecule has 212 valence electrons. The van der Waals surface area contributed by atoms with Crippen molar-refractivity contribution in [3.05, 3.63) is 59.3 Å². The Kier molecular flexibility index (Phi) is 6.42. The summed E-state index contributed by atoms with van der Waals surface area (Å²) >= 11 is 0. The molecule has 3 aromatic rings. The van der Waals surface area contributed by atoms with Gasteiger partial charge in [-0.2, -0.15) is 5.10 Å². The van der Waals surface area contributed by atoms with Crippen molar-refractivity contribution in [2.75, 3.05) is 50.8 Å². The van der Waals surface area contributed by atoms with Gasteiger partial charge in [0, 0.05) is 68.2 Å². The Labute approximate surface area is 234 Å². The molecule has 3 fully saturated rings. The van der Waals surface area contributed by atoms with Gasteiger partial charge < -0.3 is 15.0 Å². The van der Waals surface area contributed by atoms with Crippen molar-refractivity contribution in [2.24, 2.45) is 0 Å². The molecule has 40 heavy (non-hydrogen) atoms. The number of aromatic nitrogens is 3. The van der Waals surface area contributed by atoms with Crippen molar-refractivity contribution in [2.45, 2.75) is 63.3 Å². The second kappa shape index (κ2) is 9.87. The van der Waals surface area contributed by atoms with Crippen molar-refractivity contribution in [1.29, 1.82) is 0 Å². The summed E-state index contributed by atoms with van der Waals surface area (Å²) in [6.45, 7) is 11.9. The number of fused-ring (bicyclic) bond motifs is 4. The summed E-state index contributed by atoms with van der Waals surface area (Å²) in [6, 6.07) is 9.82. The summed E-state index contributed by atoms with van der Waals surface area (Å²) in [7, 11) is 0. The fourth-order valence-corrected chi connectivity index (χ4v) is 6.97. The Hall–Kier alpha value is -2.92. The molecule has 0 spiro atoms. The summed E-state index contributed by atoms with van der Waals surface area (Å²) in [5, 5.41) is 8.22. The highest BCUT2D eigenvalue weighted by Gasteiger charge is 2.47. The lowest BCUT2D eigenvalue weighted by Crippen LogP contribution is -2.61. The Morgan fingerprint density at radius 3 is 2.88 bits per heavy atom. The van der Waals surface area contributed by atoms with Gasteiger partial charge in [-0.15, -0.1) is 0 Å². The molecule has 10 heteroatoms. The van der Waals surface area contributed by atoms with E-state index < -0.39 is 0 Å². The van der Waals surface area contributed by atoms with Crippen LogP contribution in [0.25, 0.3) is 5.65 Å². The highest BCUT2D eigenvalue weighted by molar-refractivity contribution is 5.97. The number of ether oxygens (including phenoxy) is 1. The molecule has 0 bridgehead atoms. The fraction of sp³-hybridized carbons (Fsp3) is 0.567. The van der Waals surface area contributed by atoms with Gasteiger partial charge in [0.15, 0.2) is 5.65 Å². The number of hydrogen-bond acceptors (Lipinski definition) is 7. The number of piperazine rings is 1.